The predicted molar refractivity (Wildman–Crippen MR) is 75.0 cm³/mol. The highest BCUT2D eigenvalue weighted by Gasteiger charge is 2.46. The highest BCUT2D eigenvalue weighted by atomic mass is 16.3. The van der Waals surface area contributed by atoms with Crippen LogP contribution in [-0.4, -0.2) is 46.4 Å². The fraction of sp³-hybridized carbons (Fsp3) is 0.357. The van der Waals surface area contributed by atoms with Gasteiger partial charge in [0.2, 0.25) is 11.8 Å². The van der Waals surface area contributed by atoms with Gasteiger partial charge in [-0.05, 0) is 12.1 Å². The minimum Gasteiger partial charge on any atom is -0.379 e. The van der Waals surface area contributed by atoms with E-state index in [1.165, 1.54) is 4.90 Å². The van der Waals surface area contributed by atoms with Crippen molar-refractivity contribution in [2.45, 2.75) is 18.4 Å². The van der Waals surface area contributed by atoms with Crippen LogP contribution in [0.15, 0.2) is 30.3 Å². The summed E-state index contributed by atoms with van der Waals surface area (Å²) < 4.78 is 0. The number of primary amides is 1. The van der Waals surface area contributed by atoms with E-state index in [0.717, 1.165) is 0 Å². The topological polar surface area (TPSA) is 113 Å². The molecule has 1 aromatic carbocycles. The van der Waals surface area contributed by atoms with Crippen molar-refractivity contribution in [3.8, 4) is 0 Å². The first-order valence-electron chi connectivity index (χ1n) is 6.56. The van der Waals surface area contributed by atoms with Crippen molar-refractivity contribution in [1.29, 1.82) is 0 Å². The van der Waals surface area contributed by atoms with Gasteiger partial charge in [-0.2, -0.15) is 0 Å². The molecule has 1 aliphatic rings. The molecule has 0 aromatic heterocycles. The van der Waals surface area contributed by atoms with Gasteiger partial charge in [0, 0.05) is 18.7 Å². The number of rotatable bonds is 5. The Morgan fingerprint density at radius 1 is 1.33 bits per heavy atom. The van der Waals surface area contributed by atoms with E-state index in [1.807, 2.05) is 6.07 Å². The maximum Gasteiger partial charge on any atom is 0.255 e. The first-order chi connectivity index (χ1) is 9.90. The number of anilines is 1. The number of benzene rings is 1. The fourth-order valence-electron chi connectivity index (χ4n) is 2.32. The third-order valence-corrected chi connectivity index (χ3v) is 3.34. The van der Waals surface area contributed by atoms with Gasteiger partial charge in [0.25, 0.3) is 5.91 Å². The minimum absolute atomic E-state index is 0.0907. The number of aliphatic hydroxyl groups is 1. The Morgan fingerprint density at radius 2 is 2.00 bits per heavy atom. The molecule has 0 bridgehead atoms. The number of nitrogens with two attached hydrogens (primary N) is 1. The lowest BCUT2D eigenvalue weighted by Crippen LogP contribution is -2.44. The predicted octanol–water partition coefficient (Wildman–Crippen LogP) is -0.536. The number of hydrogen-bond donors (Lipinski definition) is 3. The molecule has 0 radical (unpaired) electrons. The molecule has 0 spiro atoms. The van der Waals surface area contributed by atoms with Crippen LogP contribution in [-0.2, 0) is 14.4 Å². The number of nitrogens with zero attached hydrogens (tertiary/aromatic N) is 1. The van der Waals surface area contributed by atoms with E-state index in [9.17, 15) is 19.5 Å². The second kappa shape index (κ2) is 5.92. The largest absolute Gasteiger partial charge is 0.379 e. The van der Waals surface area contributed by atoms with Crippen LogP contribution < -0.4 is 11.1 Å². The van der Waals surface area contributed by atoms with Crippen molar-refractivity contribution in [3.05, 3.63) is 30.3 Å². The average Bonchev–Trinajstić information content (AvgIpc) is 2.67. The SMILES string of the molecule is NC(=O)CC1(O)CCN(CC(=O)Nc2ccccc2)C1=O. The Labute approximate surface area is 121 Å². The van der Waals surface area contributed by atoms with Crippen molar-refractivity contribution < 1.29 is 19.5 Å². The van der Waals surface area contributed by atoms with Crippen molar-refractivity contribution in [3.63, 3.8) is 0 Å². The Bertz CT molecular complexity index is 561. The molecule has 21 heavy (non-hydrogen) atoms. The second-order valence-corrected chi connectivity index (χ2v) is 5.07. The van der Waals surface area contributed by atoms with E-state index in [2.05, 4.69) is 5.32 Å². The second-order valence-electron chi connectivity index (χ2n) is 5.07. The van der Waals surface area contributed by atoms with Crippen LogP contribution in [0.1, 0.15) is 12.8 Å². The summed E-state index contributed by atoms with van der Waals surface area (Å²) in [4.78, 5) is 36.0. The molecule has 0 aliphatic carbocycles. The average molecular weight is 291 g/mol. The maximum atomic E-state index is 12.0. The fourth-order valence-corrected chi connectivity index (χ4v) is 2.32. The Balaban J connectivity index is 1.94. The summed E-state index contributed by atoms with van der Waals surface area (Å²) in [6, 6.07) is 8.84. The van der Waals surface area contributed by atoms with Crippen LogP contribution in [0.3, 0.4) is 0 Å². The van der Waals surface area contributed by atoms with Crippen LogP contribution in [0, 0.1) is 0 Å². The molecule has 1 aliphatic heterocycles. The number of carbonyl (C=O) groups excluding carboxylic acids is 3. The van der Waals surface area contributed by atoms with Crippen LogP contribution in [0.2, 0.25) is 0 Å². The van der Waals surface area contributed by atoms with E-state index in [0.29, 0.717) is 5.69 Å². The Hall–Kier alpha value is -2.41. The van der Waals surface area contributed by atoms with Crippen molar-refractivity contribution >= 4 is 23.4 Å². The highest BCUT2D eigenvalue weighted by Crippen LogP contribution is 2.25. The molecular weight excluding hydrogens is 274 g/mol. The number of hydrogen-bond acceptors (Lipinski definition) is 4. The van der Waals surface area contributed by atoms with Crippen molar-refractivity contribution in [2.75, 3.05) is 18.4 Å². The summed E-state index contributed by atoms with van der Waals surface area (Å²) in [6.45, 7) is 0.0413. The molecule has 112 valence electrons. The molecule has 1 unspecified atom stereocenters. The summed E-state index contributed by atoms with van der Waals surface area (Å²) >= 11 is 0. The molecule has 3 amide bonds. The lowest BCUT2D eigenvalue weighted by molar-refractivity contribution is -0.147. The van der Waals surface area contributed by atoms with Gasteiger partial charge in [0.05, 0.1) is 13.0 Å². The Kier molecular flexibility index (Phi) is 4.23. The molecule has 1 atom stereocenters. The standard InChI is InChI=1S/C14H17N3O4/c15-11(18)8-14(21)6-7-17(13(14)20)9-12(19)16-10-4-2-1-3-5-10/h1-5,21H,6-9H2,(H2,15,18)(H,16,19). The zero-order valence-electron chi connectivity index (χ0n) is 11.4. The van der Waals surface area contributed by atoms with Crippen LogP contribution in [0.25, 0.3) is 0 Å². The van der Waals surface area contributed by atoms with Gasteiger partial charge in [0.15, 0.2) is 5.60 Å². The first-order valence-corrected chi connectivity index (χ1v) is 6.56. The third-order valence-electron chi connectivity index (χ3n) is 3.34. The smallest absolute Gasteiger partial charge is 0.255 e. The first kappa shape index (κ1) is 15.0. The highest BCUT2D eigenvalue weighted by molar-refractivity contribution is 5.98. The molecule has 1 fully saturated rings. The van der Waals surface area contributed by atoms with Crippen molar-refractivity contribution in [1.82, 2.24) is 4.90 Å². The van der Waals surface area contributed by atoms with E-state index >= 15 is 0 Å². The molecule has 4 N–H and O–H groups in total. The van der Waals surface area contributed by atoms with Gasteiger partial charge < -0.3 is 21.1 Å². The van der Waals surface area contributed by atoms with E-state index in [4.69, 9.17) is 5.73 Å². The van der Waals surface area contributed by atoms with E-state index < -0.39 is 23.8 Å². The lowest BCUT2D eigenvalue weighted by atomic mass is 9.98. The number of carbonyl (C=O) groups is 3. The maximum absolute atomic E-state index is 12.0. The van der Waals surface area contributed by atoms with E-state index in [-0.39, 0.29) is 25.4 Å². The summed E-state index contributed by atoms with van der Waals surface area (Å²) in [5.74, 6) is -1.75. The van der Waals surface area contributed by atoms with Crippen molar-refractivity contribution in [2.24, 2.45) is 5.73 Å². The molecule has 0 saturated carbocycles. The number of nitrogens with one attached hydrogen (secondary N) is 1. The number of likely N-dealkylation sites (tertiary alicyclic amines) is 1. The van der Waals surface area contributed by atoms with Gasteiger partial charge in [-0.1, -0.05) is 18.2 Å². The summed E-state index contributed by atoms with van der Waals surface area (Å²) in [5, 5.41) is 12.7. The lowest BCUT2D eigenvalue weighted by Gasteiger charge is -2.20. The zero-order valence-corrected chi connectivity index (χ0v) is 11.4. The van der Waals surface area contributed by atoms with Crippen LogP contribution in [0.4, 0.5) is 5.69 Å². The quantitative estimate of drug-likeness (QED) is 0.676. The third kappa shape index (κ3) is 3.57. The molecule has 1 saturated heterocycles. The molecule has 1 heterocycles. The number of amides is 3. The molecule has 1 aromatic rings. The van der Waals surface area contributed by atoms with E-state index in [1.54, 1.807) is 24.3 Å². The summed E-state index contributed by atoms with van der Waals surface area (Å²) in [7, 11) is 0. The van der Waals surface area contributed by atoms with Gasteiger partial charge in [-0.25, -0.2) is 0 Å². The van der Waals surface area contributed by atoms with Crippen LogP contribution in [0.5, 0.6) is 0 Å². The Morgan fingerprint density at radius 3 is 2.62 bits per heavy atom. The molecule has 2 rings (SSSR count). The minimum atomic E-state index is -1.78. The van der Waals surface area contributed by atoms with Gasteiger partial charge in [0.1, 0.15) is 0 Å². The monoisotopic (exact) mass is 291 g/mol. The summed E-state index contributed by atoms with van der Waals surface area (Å²) in [5.41, 5.74) is 3.87. The van der Waals surface area contributed by atoms with Crippen LogP contribution >= 0.6 is 0 Å². The molecule has 7 nitrogen and oxygen atoms in total. The molecular formula is C14H17N3O4. The van der Waals surface area contributed by atoms with Gasteiger partial charge >= 0.3 is 0 Å². The number of para-hydroxylation sites is 1. The molecule has 7 heteroatoms. The van der Waals surface area contributed by atoms with Gasteiger partial charge in [-0.3, -0.25) is 14.4 Å². The zero-order chi connectivity index (χ0) is 15.5. The summed E-state index contributed by atoms with van der Waals surface area (Å²) in [6.07, 6.45) is -0.337. The van der Waals surface area contributed by atoms with Gasteiger partial charge in [-0.15, -0.1) is 0 Å². The normalized spacial score (nSPS) is 21.4.